The van der Waals surface area contributed by atoms with Crippen molar-refractivity contribution < 1.29 is 4.74 Å². The largest absolute Gasteiger partial charge is 0.454 e. The Bertz CT molecular complexity index is 558. The first-order chi connectivity index (χ1) is 8.56. The predicted octanol–water partition coefficient (Wildman–Crippen LogP) is 4.20. The monoisotopic (exact) mass is 282 g/mol. The van der Waals surface area contributed by atoms with E-state index in [2.05, 4.69) is 4.98 Å². The van der Waals surface area contributed by atoms with Gasteiger partial charge < -0.3 is 10.5 Å². The first-order valence-electron chi connectivity index (χ1n) is 5.39. The van der Waals surface area contributed by atoms with Crippen LogP contribution in [-0.2, 0) is 0 Å². The van der Waals surface area contributed by atoms with Gasteiger partial charge in [-0.1, -0.05) is 29.3 Å². The predicted molar refractivity (Wildman–Crippen MR) is 73.4 cm³/mol. The van der Waals surface area contributed by atoms with E-state index < -0.39 is 0 Å². The molecule has 0 saturated carbocycles. The van der Waals surface area contributed by atoms with Crippen molar-refractivity contribution in [2.75, 3.05) is 0 Å². The number of hydrogen-bond acceptors (Lipinski definition) is 3. The maximum Gasteiger partial charge on any atom is 0.147 e. The van der Waals surface area contributed by atoms with Gasteiger partial charge in [-0.25, -0.2) is 0 Å². The van der Waals surface area contributed by atoms with Crippen LogP contribution in [0.25, 0.3) is 0 Å². The summed E-state index contributed by atoms with van der Waals surface area (Å²) in [6.45, 7) is 1.90. The number of pyridine rings is 1. The fourth-order valence-electron chi connectivity index (χ4n) is 1.46. The van der Waals surface area contributed by atoms with Gasteiger partial charge in [0, 0.05) is 18.3 Å². The Kier molecular flexibility index (Phi) is 4.07. The molecule has 0 amide bonds. The van der Waals surface area contributed by atoms with Gasteiger partial charge in [0.25, 0.3) is 0 Å². The van der Waals surface area contributed by atoms with Gasteiger partial charge in [-0.2, -0.15) is 0 Å². The lowest BCUT2D eigenvalue weighted by Gasteiger charge is -2.10. The normalized spacial score (nSPS) is 12.2. The molecule has 1 unspecified atom stereocenters. The highest BCUT2D eigenvalue weighted by Gasteiger charge is 2.07. The fraction of sp³-hybridized carbons (Fsp3) is 0.154. The summed E-state index contributed by atoms with van der Waals surface area (Å²) in [4.78, 5) is 3.94. The molecule has 1 aromatic carbocycles. The van der Waals surface area contributed by atoms with Gasteiger partial charge >= 0.3 is 0 Å². The molecule has 1 atom stereocenters. The molecule has 2 aromatic rings. The summed E-state index contributed by atoms with van der Waals surface area (Å²) in [5, 5.41) is 1.01. The molecule has 5 heteroatoms. The lowest BCUT2D eigenvalue weighted by molar-refractivity contribution is 0.480. The van der Waals surface area contributed by atoms with Crippen molar-refractivity contribution in [3.8, 4) is 11.5 Å². The van der Waals surface area contributed by atoms with E-state index in [0.29, 0.717) is 21.5 Å². The molecule has 0 aliphatic heterocycles. The summed E-state index contributed by atoms with van der Waals surface area (Å²) < 4.78 is 5.60. The minimum absolute atomic E-state index is 0.0654. The highest BCUT2D eigenvalue weighted by molar-refractivity contribution is 6.32. The topological polar surface area (TPSA) is 48.1 Å². The molecule has 18 heavy (non-hydrogen) atoms. The van der Waals surface area contributed by atoms with E-state index in [0.717, 1.165) is 5.56 Å². The van der Waals surface area contributed by atoms with Crippen LogP contribution in [-0.4, -0.2) is 4.98 Å². The summed E-state index contributed by atoms with van der Waals surface area (Å²) in [5.41, 5.74) is 6.73. The molecule has 1 aromatic heterocycles. The van der Waals surface area contributed by atoms with Crippen molar-refractivity contribution in [2.45, 2.75) is 13.0 Å². The number of aromatic nitrogens is 1. The first kappa shape index (κ1) is 13.1. The molecule has 0 saturated heterocycles. The summed E-state index contributed by atoms with van der Waals surface area (Å²) in [7, 11) is 0. The molecule has 0 spiro atoms. The van der Waals surface area contributed by atoms with Crippen molar-refractivity contribution in [1.82, 2.24) is 4.98 Å². The van der Waals surface area contributed by atoms with Crippen LogP contribution in [0.15, 0.2) is 36.7 Å². The van der Waals surface area contributed by atoms with Crippen molar-refractivity contribution in [3.05, 3.63) is 52.3 Å². The Hall–Kier alpha value is -1.29. The van der Waals surface area contributed by atoms with E-state index in [4.69, 9.17) is 33.7 Å². The Morgan fingerprint density at radius 1 is 1.22 bits per heavy atom. The van der Waals surface area contributed by atoms with Crippen LogP contribution in [0.2, 0.25) is 10.0 Å². The lowest BCUT2D eigenvalue weighted by atomic mass is 10.1. The summed E-state index contributed by atoms with van der Waals surface area (Å²) >= 11 is 12.0. The van der Waals surface area contributed by atoms with Gasteiger partial charge in [0.15, 0.2) is 0 Å². The Morgan fingerprint density at radius 2 is 2.00 bits per heavy atom. The maximum atomic E-state index is 6.13. The van der Waals surface area contributed by atoms with E-state index in [1.54, 1.807) is 24.4 Å². The van der Waals surface area contributed by atoms with Crippen LogP contribution in [0, 0.1) is 0 Å². The molecular weight excluding hydrogens is 271 g/mol. The second kappa shape index (κ2) is 5.57. The molecule has 2 N–H and O–H groups in total. The van der Waals surface area contributed by atoms with Gasteiger partial charge in [-0.05, 0) is 24.6 Å². The number of hydrogen-bond donors (Lipinski definition) is 1. The minimum atomic E-state index is -0.0654. The van der Waals surface area contributed by atoms with Crippen LogP contribution in [0.5, 0.6) is 11.5 Å². The zero-order chi connectivity index (χ0) is 13.1. The lowest BCUT2D eigenvalue weighted by Crippen LogP contribution is -2.04. The Labute approximate surface area is 115 Å². The first-order valence-corrected chi connectivity index (χ1v) is 6.15. The van der Waals surface area contributed by atoms with Gasteiger partial charge in [-0.3, -0.25) is 4.98 Å². The summed E-state index contributed by atoms with van der Waals surface area (Å²) in [5.74, 6) is 1.09. The molecule has 2 rings (SSSR count). The van der Waals surface area contributed by atoms with E-state index >= 15 is 0 Å². The van der Waals surface area contributed by atoms with E-state index in [9.17, 15) is 0 Å². The van der Waals surface area contributed by atoms with Gasteiger partial charge in [0.1, 0.15) is 11.5 Å². The van der Waals surface area contributed by atoms with Gasteiger partial charge in [0.05, 0.1) is 16.2 Å². The van der Waals surface area contributed by atoms with Crippen molar-refractivity contribution in [2.24, 2.45) is 5.73 Å². The average molecular weight is 283 g/mol. The Balaban J connectivity index is 2.24. The maximum absolute atomic E-state index is 6.13. The molecule has 0 fully saturated rings. The average Bonchev–Trinajstić information content (AvgIpc) is 2.31. The number of benzene rings is 1. The smallest absolute Gasteiger partial charge is 0.147 e. The van der Waals surface area contributed by atoms with Crippen molar-refractivity contribution in [1.29, 1.82) is 0 Å². The number of nitrogens with zero attached hydrogens (tertiary/aromatic N) is 1. The number of nitrogens with two attached hydrogens (primary N) is 1. The van der Waals surface area contributed by atoms with Crippen LogP contribution in [0.4, 0.5) is 0 Å². The SMILES string of the molecule is CC(N)c1ccc(Oc2cncc(Cl)c2)c(Cl)c1. The highest BCUT2D eigenvalue weighted by Crippen LogP contribution is 2.31. The molecular formula is C13H12Cl2N2O. The minimum Gasteiger partial charge on any atom is -0.454 e. The Morgan fingerprint density at radius 3 is 2.61 bits per heavy atom. The molecule has 0 radical (unpaired) electrons. The highest BCUT2D eigenvalue weighted by atomic mass is 35.5. The van der Waals surface area contributed by atoms with Crippen LogP contribution < -0.4 is 10.5 Å². The van der Waals surface area contributed by atoms with Crippen molar-refractivity contribution in [3.63, 3.8) is 0 Å². The third-order valence-corrected chi connectivity index (χ3v) is 2.89. The molecule has 1 heterocycles. The molecule has 3 nitrogen and oxygen atoms in total. The van der Waals surface area contributed by atoms with Crippen LogP contribution >= 0.6 is 23.2 Å². The molecule has 0 bridgehead atoms. The molecule has 94 valence electrons. The van der Waals surface area contributed by atoms with Crippen LogP contribution in [0.3, 0.4) is 0 Å². The van der Waals surface area contributed by atoms with Gasteiger partial charge in [-0.15, -0.1) is 0 Å². The standard InChI is InChI=1S/C13H12Cl2N2O/c1-8(16)9-2-3-13(12(15)4-9)18-11-5-10(14)6-17-7-11/h2-8H,16H2,1H3. The number of ether oxygens (including phenoxy) is 1. The zero-order valence-electron chi connectivity index (χ0n) is 9.73. The third kappa shape index (κ3) is 3.13. The quantitative estimate of drug-likeness (QED) is 0.918. The summed E-state index contributed by atoms with van der Waals surface area (Å²) in [6.07, 6.45) is 3.11. The fourth-order valence-corrected chi connectivity index (χ4v) is 1.85. The van der Waals surface area contributed by atoms with Gasteiger partial charge in [0.2, 0.25) is 0 Å². The second-order valence-electron chi connectivity index (χ2n) is 3.92. The second-order valence-corrected chi connectivity index (χ2v) is 4.76. The number of rotatable bonds is 3. The van der Waals surface area contributed by atoms with Crippen LogP contribution in [0.1, 0.15) is 18.5 Å². The van der Waals surface area contributed by atoms with E-state index in [1.165, 1.54) is 6.20 Å². The van der Waals surface area contributed by atoms with E-state index in [1.807, 2.05) is 13.0 Å². The summed E-state index contributed by atoms with van der Waals surface area (Å²) in [6, 6.07) is 7.06. The third-order valence-electron chi connectivity index (χ3n) is 2.39. The molecule has 0 aliphatic rings. The molecule has 0 aliphatic carbocycles. The van der Waals surface area contributed by atoms with E-state index in [-0.39, 0.29) is 6.04 Å². The van der Waals surface area contributed by atoms with Crippen molar-refractivity contribution >= 4 is 23.2 Å². The zero-order valence-corrected chi connectivity index (χ0v) is 11.2. The number of halogens is 2.